The van der Waals surface area contributed by atoms with Crippen LogP contribution >= 0.6 is 0 Å². The normalized spacial score (nSPS) is 39.8. The summed E-state index contributed by atoms with van der Waals surface area (Å²) in [4.78, 5) is 0. The summed E-state index contributed by atoms with van der Waals surface area (Å²) >= 11 is 0. The summed E-state index contributed by atoms with van der Waals surface area (Å²) < 4.78 is 5.51. The third-order valence-corrected chi connectivity index (χ3v) is 2.97. The molecular weight excluding hydrogens is 154 g/mol. The van der Waals surface area contributed by atoms with Crippen LogP contribution in [0.1, 0.15) is 19.3 Å². The standard InChI is InChI=1S/C9H13NO2/c1-2-7-6-12-8-4-3-5-9(7,8)10-11/h8,10-11H,1,3-6H2/t8-,9+/m1/s1. The monoisotopic (exact) mass is 167 g/mol. The first kappa shape index (κ1) is 8.02. The highest BCUT2D eigenvalue weighted by Gasteiger charge is 2.51. The zero-order valence-corrected chi connectivity index (χ0v) is 6.97. The summed E-state index contributed by atoms with van der Waals surface area (Å²) in [5, 5.41) is 9.11. The average molecular weight is 167 g/mol. The van der Waals surface area contributed by atoms with Crippen LogP contribution in [0.15, 0.2) is 17.9 Å². The van der Waals surface area contributed by atoms with Crippen molar-refractivity contribution < 1.29 is 9.94 Å². The van der Waals surface area contributed by atoms with Gasteiger partial charge in [-0.1, -0.05) is 6.58 Å². The molecule has 3 nitrogen and oxygen atoms in total. The molecule has 0 amide bonds. The Morgan fingerprint density at radius 2 is 2.58 bits per heavy atom. The molecule has 1 aliphatic carbocycles. The van der Waals surface area contributed by atoms with E-state index in [2.05, 4.69) is 17.8 Å². The third-order valence-electron chi connectivity index (χ3n) is 2.97. The number of hydrogen-bond acceptors (Lipinski definition) is 3. The van der Waals surface area contributed by atoms with Crippen molar-refractivity contribution in [3.63, 3.8) is 0 Å². The van der Waals surface area contributed by atoms with Gasteiger partial charge in [-0.05, 0) is 19.3 Å². The van der Waals surface area contributed by atoms with Crippen molar-refractivity contribution >= 4 is 0 Å². The first-order valence-electron chi connectivity index (χ1n) is 4.26. The van der Waals surface area contributed by atoms with Crippen LogP contribution in [-0.2, 0) is 4.74 Å². The molecule has 1 saturated heterocycles. The molecule has 0 aromatic heterocycles. The minimum atomic E-state index is -0.359. The largest absolute Gasteiger partial charge is 0.371 e. The third kappa shape index (κ3) is 0.822. The Kier molecular flexibility index (Phi) is 1.81. The Hall–Kier alpha value is -0.600. The van der Waals surface area contributed by atoms with Crippen LogP contribution in [0, 0.1) is 0 Å². The molecule has 1 heterocycles. The van der Waals surface area contributed by atoms with E-state index >= 15 is 0 Å². The molecule has 0 radical (unpaired) electrons. The number of fused-ring (bicyclic) bond motifs is 1. The SMILES string of the molecule is C=C=C1CO[C@@H]2CCC[C@]12NO. The van der Waals surface area contributed by atoms with Crippen LogP contribution in [0.25, 0.3) is 0 Å². The van der Waals surface area contributed by atoms with Crippen molar-refractivity contribution in [2.45, 2.75) is 30.9 Å². The summed E-state index contributed by atoms with van der Waals surface area (Å²) in [6.45, 7) is 4.16. The lowest BCUT2D eigenvalue weighted by Gasteiger charge is -2.25. The molecule has 0 unspecified atom stereocenters. The van der Waals surface area contributed by atoms with Crippen molar-refractivity contribution in [3.8, 4) is 0 Å². The van der Waals surface area contributed by atoms with Crippen molar-refractivity contribution in [1.29, 1.82) is 0 Å². The van der Waals surface area contributed by atoms with Crippen LogP contribution in [0.4, 0.5) is 0 Å². The van der Waals surface area contributed by atoms with Crippen LogP contribution in [-0.4, -0.2) is 23.5 Å². The highest BCUT2D eigenvalue weighted by atomic mass is 16.5. The van der Waals surface area contributed by atoms with E-state index in [-0.39, 0.29) is 11.6 Å². The molecular formula is C9H13NO2. The zero-order chi connectivity index (χ0) is 8.60. The second-order valence-corrected chi connectivity index (χ2v) is 3.43. The summed E-state index contributed by atoms with van der Waals surface area (Å²) in [5.41, 5.74) is 5.83. The first-order chi connectivity index (χ1) is 5.83. The molecule has 0 aromatic carbocycles. The topological polar surface area (TPSA) is 41.5 Å². The van der Waals surface area contributed by atoms with E-state index in [1.807, 2.05) is 0 Å². The fourth-order valence-corrected chi connectivity index (χ4v) is 2.26. The highest BCUT2D eigenvalue weighted by molar-refractivity contribution is 5.28. The lowest BCUT2D eigenvalue weighted by atomic mass is 9.90. The van der Waals surface area contributed by atoms with Crippen molar-refractivity contribution in [1.82, 2.24) is 5.48 Å². The van der Waals surface area contributed by atoms with E-state index in [1.54, 1.807) is 0 Å². The number of hydrogen-bond donors (Lipinski definition) is 2. The summed E-state index contributed by atoms with van der Waals surface area (Å²) in [6.07, 6.45) is 3.14. The number of ether oxygens (including phenoxy) is 1. The predicted molar refractivity (Wildman–Crippen MR) is 43.9 cm³/mol. The van der Waals surface area contributed by atoms with Crippen molar-refractivity contribution in [2.75, 3.05) is 6.61 Å². The predicted octanol–water partition coefficient (Wildman–Crippen LogP) is 0.998. The summed E-state index contributed by atoms with van der Waals surface area (Å²) in [5.74, 6) is 0. The van der Waals surface area contributed by atoms with Gasteiger partial charge < -0.3 is 9.94 Å². The van der Waals surface area contributed by atoms with Gasteiger partial charge in [0.2, 0.25) is 0 Å². The van der Waals surface area contributed by atoms with Gasteiger partial charge in [-0.2, -0.15) is 5.48 Å². The van der Waals surface area contributed by atoms with E-state index in [0.29, 0.717) is 6.61 Å². The second kappa shape index (κ2) is 2.71. The fraction of sp³-hybridized carbons (Fsp3) is 0.667. The Morgan fingerprint density at radius 1 is 1.75 bits per heavy atom. The van der Waals surface area contributed by atoms with E-state index in [4.69, 9.17) is 9.94 Å². The van der Waals surface area contributed by atoms with E-state index < -0.39 is 0 Å². The van der Waals surface area contributed by atoms with E-state index in [1.165, 1.54) is 0 Å². The van der Waals surface area contributed by atoms with Crippen LogP contribution in [0.3, 0.4) is 0 Å². The Morgan fingerprint density at radius 3 is 3.25 bits per heavy atom. The molecule has 66 valence electrons. The maximum atomic E-state index is 9.11. The maximum Gasteiger partial charge on any atom is 0.0995 e. The molecule has 3 heteroatoms. The van der Waals surface area contributed by atoms with Gasteiger partial charge >= 0.3 is 0 Å². The quantitative estimate of drug-likeness (QED) is 0.452. The number of nitrogens with one attached hydrogen (secondary N) is 1. The minimum absolute atomic E-state index is 0.117. The van der Waals surface area contributed by atoms with Gasteiger partial charge in [0.15, 0.2) is 0 Å². The second-order valence-electron chi connectivity index (χ2n) is 3.43. The van der Waals surface area contributed by atoms with Crippen molar-refractivity contribution in [2.24, 2.45) is 0 Å². The average Bonchev–Trinajstić information content (AvgIpc) is 2.60. The molecule has 0 aromatic rings. The van der Waals surface area contributed by atoms with Gasteiger partial charge in [-0.25, -0.2) is 0 Å². The smallest absolute Gasteiger partial charge is 0.0995 e. The Balaban J connectivity index is 2.38. The first-order valence-corrected chi connectivity index (χ1v) is 4.26. The summed E-state index contributed by atoms with van der Waals surface area (Å²) in [6, 6.07) is 0. The highest BCUT2D eigenvalue weighted by Crippen LogP contribution is 2.42. The Labute approximate surface area is 71.7 Å². The van der Waals surface area contributed by atoms with Gasteiger partial charge in [-0.3, -0.25) is 0 Å². The minimum Gasteiger partial charge on any atom is -0.371 e. The van der Waals surface area contributed by atoms with E-state index in [9.17, 15) is 0 Å². The maximum absolute atomic E-state index is 9.11. The lowest BCUT2D eigenvalue weighted by molar-refractivity contribution is 0.0212. The van der Waals surface area contributed by atoms with E-state index in [0.717, 1.165) is 24.8 Å². The molecule has 2 fully saturated rings. The zero-order valence-electron chi connectivity index (χ0n) is 6.97. The lowest BCUT2D eigenvalue weighted by Crippen LogP contribution is -2.47. The van der Waals surface area contributed by atoms with Gasteiger partial charge in [0, 0.05) is 5.57 Å². The molecule has 2 aliphatic rings. The van der Waals surface area contributed by atoms with Gasteiger partial charge in [0.1, 0.15) is 0 Å². The molecule has 2 rings (SSSR count). The molecule has 2 N–H and O–H groups in total. The van der Waals surface area contributed by atoms with Crippen LogP contribution in [0.2, 0.25) is 0 Å². The van der Waals surface area contributed by atoms with Crippen molar-refractivity contribution in [3.05, 3.63) is 17.9 Å². The molecule has 1 saturated carbocycles. The molecule has 0 bridgehead atoms. The van der Waals surface area contributed by atoms with Gasteiger partial charge in [0.05, 0.1) is 18.2 Å². The van der Waals surface area contributed by atoms with Crippen LogP contribution in [0.5, 0.6) is 0 Å². The van der Waals surface area contributed by atoms with Gasteiger partial charge in [0.25, 0.3) is 0 Å². The summed E-state index contributed by atoms with van der Waals surface area (Å²) in [7, 11) is 0. The Bertz CT molecular complexity index is 245. The fourth-order valence-electron chi connectivity index (χ4n) is 2.26. The number of rotatable bonds is 1. The molecule has 0 spiro atoms. The van der Waals surface area contributed by atoms with Crippen LogP contribution < -0.4 is 5.48 Å². The number of hydroxylamine groups is 1. The molecule has 12 heavy (non-hydrogen) atoms. The van der Waals surface area contributed by atoms with Gasteiger partial charge in [-0.15, -0.1) is 5.73 Å². The molecule has 2 atom stereocenters. The molecule has 1 aliphatic heterocycles.